The van der Waals surface area contributed by atoms with Crippen LogP contribution >= 0.6 is 11.6 Å². The Balaban J connectivity index is 1.46. The Morgan fingerprint density at radius 3 is 2.57 bits per heavy atom. The van der Waals surface area contributed by atoms with E-state index >= 15 is 0 Å². The van der Waals surface area contributed by atoms with Crippen molar-refractivity contribution in [3.63, 3.8) is 0 Å². The smallest absolute Gasteiger partial charge is 0.252 e. The van der Waals surface area contributed by atoms with Crippen LogP contribution in [0.4, 0.5) is 5.69 Å². The predicted molar refractivity (Wildman–Crippen MR) is 124 cm³/mol. The van der Waals surface area contributed by atoms with Gasteiger partial charge in [-0.25, -0.2) is 0 Å². The minimum Gasteiger partial charge on any atom is -0.368 e. The van der Waals surface area contributed by atoms with Crippen LogP contribution in [-0.4, -0.2) is 32.1 Å². The number of anilines is 1. The van der Waals surface area contributed by atoms with E-state index in [2.05, 4.69) is 58.0 Å². The van der Waals surface area contributed by atoms with Crippen LogP contribution in [0.2, 0.25) is 5.02 Å². The fraction of sp³-hybridized carbons (Fsp3) is 0.320. The number of benzene rings is 3. The Bertz CT molecular complexity index is 1110. The molecule has 2 fully saturated rings. The molecule has 2 N–H and O–H groups in total. The van der Waals surface area contributed by atoms with Gasteiger partial charge < -0.3 is 15.5 Å². The first-order valence-corrected chi connectivity index (χ1v) is 11.0. The van der Waals surface area contributed by atoms with Crippen LogP contribution in [0, 0.1) is 6.92 Å². The van der Waals surface area contributed by atoms with E-state index in [0.717, 1.165) is 50.3 Å². The number of carbonyl (C=O) groups is 1. The van der Waals surface area contributed by atoms with Crippen LogP contribution < -0.4 is 15.5 Å². The van der Waals surface area contributed by atoms with Crippen molar-refractivity contribution < 1.29 is 4.79 Å². The molecule has 4 nitrogen and oxygen atoms in total. The SMILES string of the molecule is Cc1cc(Cl)c(N2CCNCC2)cc1C(=O)NC1(c2cccc3ccccc23)CC1. The zero-order valence-electron chi connectivity index (χ0n) is 17.2. The first-order chi connectivity index (χ1) is 14.6. The number of hydrogen-bond donors (Lipinski definition) is 2. The average Bonchev–Trinajstić information content (AvgIpc) is 3.54. The summed E-state index contributed by atoms with van der Waals surface area (Å²) in [7, 11) is 0. The molecule has 3 aromatic rings. The van der Waals surface area contributed by atoms with Crippen molar-refractivity contribution in [2.24, 2.45) is 0 Å². The van der Waals surface area contributed by atoms with E-state index in [0.29, 0.717) is 10.6 Å². The molecule has 1 saturated heterocycles. The molecular formula is C25H26ClN3O. The molecule has 1 heterocycles. The standard InChI is InChI=1S/C25H26ClN3O/c1-17-15-22(26)23(29-13-11-27-12-14-29)16-20(17)24(30)28-25(9-10-25)21-8-4-6-18-5-2-3-7-19(18)21/h2-8,15-16,27H,9-14H2,1H3,(H,28,30). The summed E-state index contributed by atoms with van der Waals surface area (Å²) in [6.45, 7) is 5.60. The molecule has 1 amide bonds. The molecule has 1 saturated carbocycles. The molecule has 0 unspecified atom stereocenters. The summed E-state index contributed by atoms with van der Waals surface area (Å²) < 4.78 is 0. The number of aryl methyl sites for hydroxylation is 1. The summed E-state index contributed by atoms with van der Waals surface area (Å²) in [5.41, 5.74) is 3.50. The quantitative estimate of drug-likeness (QED) is 0.648. The highest BCUT2D eigenvalue weighted by Gasteiger charge is 2.46. The third-order valence-corrected chi connectivity index (χ3v) is 6.71. The molecule has 30 heavy (non-hydrogen) atoms. The Morgan fingerprint density at radius 2 is 1.80 bits per heavy atom. The number of fused-ring (bicyclic) bond motifs is 1. The molecule has 0 bridgehead atoms. The summed E-state index contributed by atoms with van der Waals surface area (Å²) in [4.78, 5) is 15.6. The van der Waals surface area contributed by atoms with E-state index < -0.39 is 0 Å². The third-order valence-electron chi connectivity index (χ3n) is 6.40. The average molecular weight is 420 g/mol. The number of hydrogen-bond acceptors (Lipinski definition) is 3. The fourth-order valence-corrected chi connectivity index (χ4v) is 4.91. The first kappa shape index (κ1) is 19.4. The number of nitrogens with zero attached hydrogens (tertiary/aromatic N) is 1. The van der Waals surface area contributed by atoms with Gasteiger partial charge in [0.15, 0.2) is 0 Å². The number of amides is 1. The molecule has 2 aliphatic rings. The van der Waals surface area contributed by atoms with Gasteiger partial charge in [-0.15, -0.1) is 0 Å². The molecule has 154 valence electrons. The summed E-state index contributed by atoms with van der Waals surface area (Å²) >= 11 is 6.55. The summed E-state index contributed by atoms with van der Waals surface area (Å²) in [5, 5.41) is 9.86. The Kier molecular flexibility index (Phi) is 4.92. The second kappa shape index (κ2) is 7.60. The lowest BCUT2D eigenvalue weighted by Gasteiger charge is -2.31. The Morgan fingerprint density at radius 1 is 1.07 bits per heavy atom. The van der Waals surface area contributed by atoms with Gasteiger partial charge in [0.25, 0.3) is 5.91 Å². The van der Waals surface area contributed by atoms with Gasteiger partial charge in [-0.2, -0.15) is 0 Å². The lowest BCUT2D eigenvalue weighted by Crippen LogP contribution is -2.43. The number of carbonyl (C=O) groups excluding carboxylic acids is 1. The Hall–Kier alpha value is -2.56. The van der Waals surface area contributed by atoms with E-state index in [9.17, 15) is 4.79 Å². The van der Waals surface area contributed by atoms with Gasteiger partial charge in [0.1, 0.15) is 0 Å². The summed E-state index contributed by atoms with van der Waals surface area (Å²) in [6.07, 6.45) is 1.92. The van der Waals surface area contributed by atoms with Gasteiger partial charge in [-0.3, -0.25) is 4.79 Å². The van der Waals surface area contributed by atoms with Crippen molar-refractivity contribution in [3.8, 4) is 0 Å². The van der Waals surface area contributed by atoms with Crippen LogP contribution in [0.25, 0.3) is 10.8 Å². The van der Waals surface area contributed by atoms with E-state index in [4.69, 9.17) is 11.6 Å². The maximum absolute atomic E-state index is 13.4. The van der Waals surface area contributed by atoms with E-state index in [1.165, 1.54) is 16.3 Å². The molecule has 3 aromatic carbocycles. The highest BCUT2D eigenvalue weighted by Crippen LogP contribution is 2.48. The molecule has 0 spiro atoms. The third kappa shape index (κ3) is 3.44. The second-order valence-corrected chi connectivity index (χ2v) is 8.83. The van der Waals surface area contributed by atoms with Crippen LogP contribution in [-0.2, 0) is 5.54 Å². The van der Waals surface area contributed by atoms with Crippen LogP contribution in [0.5, 0.6) is 0 Å². The lowest BCUT2D eigenvalue weighted by molar-refractivity contribution is 0.0930. The first-order valence-electron chi connectivity index (χ1n) is 10.6. The molecule has 5 heteroatoms. The maximum atomic E-state index is 13.4. The monoisotopic (exact) mass is 419 g/mol. The minimum absolute atomic E-state index is 0.0222. The predicted octanol–water partition coefficient (Wildman–Crippen LogP) is 4.63. The molecule has 1 aliphatic carbocycles. The van der Waals surface area contributed by atoms with Crippen molar-refractivity contribution in [2.75, 3.05) is 31.1 Å². The molecule has 0 radical (unpaired) electrons. The molecule has 0 atom stereocenters. The lowest BCUT2D eigenvalue weighted by atomic mass is 9.96. The summed E-state index contributed by atoms with van der Waals surface area (Å²) in [5.74, 6) is -0.0222. The minimum atomic E-state index is -0.279. The van der Waals surface area contributed by atoms with Gasteiger partial charge >= 0.3 is 0 Å². The second-order valence-electron chi connectivity index (χ2n) is 8.42. The topological polar surface area (TPSA) is 44.4 Å². The Labute approximate surface area is 182 Å². The van der Waals surface area contributed by atoms with E-state index in [-0.39, 0.29) is 11.4 Å². The number of piperazine rings is 1. The number of nitrogens with one attached hydrogen (secondary N) is 2. The van der Waals surface area contributed by atoms with Gasteiger partial charge in [0.2, 0.25) is 0 Å². The largest absolute Gasteiger partial charge is 0.368 e. The van der Waals surface area contributed by atoms with Crippen molar-refractivity contribution in [1.29, 1.82) is 0 Å². The van der Waals surface area contributed by atoms with Crippen LogP contribution in [0.1, 0.15) is 34.3 Å². The maximum Gasteiger partial charge on any atom is 0.252 e. The highest BCUT2D eigenvalue weighted by molar-refractivity contribution is 6.33. The van der Waals surface area contributed by atoms with Crippen molar-refractivity contribution in [1.82, 2.24) is 10.6 Å². The van der Waals surface area contributed by atoms with Crippen molar-refractivity contribution in [2.45, 2.75) is 25.3 Å². The van der Waals surface area contributed by atoms with Gasteiger partial charge in [-0.05, 0) is 53.8 Å². The van der Waals surface area contributed by atoms with Crippen LogP contribution in [0.15, 0.2) is 54.6 Å². The van der Waals surface area contributed by atoms with E-state index in [1.54, 1.807) is 0 Å². The number of rotatable bonds is 4. The molecular weight excluding hydrogens is 394 g/mol. The molecule has 0 aromatic heterocycles. The van der Waals surface area contributed by atoms with Gasteiger partial charge in [-0.1, -0.05) is 54.1 Å². The van der Waals surface area contributed by atoms with Crippen LogP contribution in [0.3, 0.4) is 0 Å². The molecule has 5 rings (SSSR count). The van der Waals surface area contributed by atoms with Gasteiger partial charge in [0.05, 0.1) is 16.2 Å². The fourth-order valence-electron chi connectivity index (χ4n) is 4.57. The zero-order chi connectivity index (χ0) is 20.7. The number of halogens is 1. The zero-order valence-corrected chi connectivity index (χ0v) is 17.9. The van der Waals surface area contributed by atoms with Crippen molar-refractivity contribution >= 4 is 34.0 Å². The van der Waals surface area contributed by atoms with E-state index in [1.807, 2.05) is 19.1 Å². The normalized spacial score (nSPS) is 17.7. The van der Waals surface area contributed by atoms with Gasteiger partial charge in [0, 0.05) is 31.7 Å². The summed E-state index contributed by atoms with van der Waals surface area (Å²) in [6, 6.07) is 18.6. The van der Waals surface area contributed by atoms with Crippen molar-refractivity contribution in [3.05, 3.63) is 76.3 Å². The molecule has 1 aliphatic heterocycles. The highest BCUT2D eigenvalue weighted by atomic mass is 35.5.